The Morgan fingerprint density at radius 3 is 2.42 bits per heavy atom. The van der Waals surface area contributed by atoms with Gasteiger partial charge in [-0.15, -0.1) is 0 Å². The third-order valence-electron chi connectivity index (χ3n) is 4.00. The topological polar surface area (TPSA) is 66.9 Å². The van der Waals surface area contributed by atoms with Crippen molar-refractivity contribution in [3.05, 3.63) is 29.3 Å². The molecule has 2 aliphatic heterocycles. The van der Waals surface area contributed by atoms with Gasteiger partial charge in [-0.05, 0) is 38.1 Å². The number of ether oxygens (including phenoxy) is 1. The summed E-state index contributed by atoms with van der Waals surface area (Å²) in [6.07, 6.45) is 0. The zero-order valence-corrected chi connectivity index (χ0v) is 14.9. The molecule has 0 bridgehead atoms. The number of hydrogen-bond donors (Lipinski definition) is 0. The summed E-state index contributed by atoms with van der Waals surface area (Å²) in [6.45, 7) is 4.09. The highest BCUT2D eigenvalue weighted by molar-refractivity contribution is 8.14. The second-order valence-corrected chi connectivity index (χ2v) is 7.61. The van der Waals surface area contributed by atoms with Crippen LogP contribution in [0, 0.1) is 0 Å². The fraction of sp³-hybridized carbons (Fsp3) is 0.438. The molecule has 0 atom stereocenters. The molecule has 0 N–H and O–H groups in total. The summed E-state index contributed by atoms with van der Waals surface area (Å²) in [6, 6.07) is 6.57. The number of amides is 3. The van der Waals surface area contributed by atoms with Crippen molar-refractivity contribution in [2.75, 3.05) is 18.8 Å². The summed E-state index contributed by atoms with van der Waals surface area (Å²) in [4.78, 5) is 38.9. The molecule has 24 heavy (non-hydrogen) atoms. The van der Waals surface area contributed by atoms with E-state index in [0.29, 0.717) is 23.9 Å². The molecule has 0 spiro atoms. The SMILES string of the molecule is CC(C)(Oc1ccc(Cl)cc1)C(=O)N1CC(N2C(=O)CSC2=O)C1. The first kappa shape index (κ1) is 17.1. The van der Waals surface area contributed by atoms with Crippen molar-refractivity contribution in [1.29, 1.82) is 0 Å². The number of rotatable bonds is 4. The lowest BCUT2D eigenvalue weighted by molar-refractivity contribution is -0.154. The number of imide groups is 1. The van der Waals surface area contributed by atoms with E-state index in [-0.39, 0.29) is 28.8 Å². The second kappa shape index (κ2) is 6.29. The largest absolute Gasteiger partial charge is 0.478 e. The average Bonchev–Trinajstić information content (AvgIpc) is 2.80. The molecule has 3 amide bonds. The average molecular weight is 369 g/mol. The molecular weight excluding hydrogens is 352 g/mol. The van der Waals surface area contributed by atoms with Gasteiger partial charge in [0.05, 0.1) is 11.8 Å². The van der Waals surface area contributed by atoms with Crippen LogP contribution in [0.25, 0.3) is 0 Å². The summed E-state index contributed by atoms with van der Waals surface area (Å²) in [5, 5.41) is 0.364. The molecule has 2 heterocycles. The number of carbonyl (C=O) groups excluding carboxylic acids is 3. The minimum atomic E-state index is -1.05. The molecule has 1 aromatic rings. The van der Waals surface area contributed by atoms with Gasteiger partial charge in [0.2, 0.25) is 5.91 Å². The van der Waals surface area contributed by atoms with E-state index in [9.17, 15) is 14.4 Å². The maximum absolute atomic E-state index is 12.6. The van der Waals surface area contributed by atoms with Gasteiger partial charge < -0.3 is 9.64 Å². The Balaban J connectivity index is 1.59. The second-order valence-electron chi connectivity index (χ2n) is 6.25. The molecule has 0 saturated carbocycles. The molecule has 0 aliphatic carbocycles. The minimum Gasteiger partial charge on any atom is -0.478 e. The number of thioether (sulfide) groups is 1. The summed E-state index contributed by atoms with van der Waals surface area (Å²) in [5.74, 6) is 0.379. The Morgan fingerprint density at radius 2 is 1.88 bits per heavy atom. The van der Waals surface area contributed by atoms with Gasteiger partial charge in [-0.2, -0.15) is 0 Å². The van der Waals surface area contributed by atoms with Gasteiger partial charge in [-0.1, -0.05) is 23.4 Å². The lowest BCUT2D eigenvalue weighted by Gasteiger charge is -2.45. The van der Waals surface area contributed by atoms with Crippen molar-refractivity contribution in [3.8, 4) is 5.75 Å². The zero-order valence-electron chi connectivity index (χ0n) is 13.3. The fourth-order valence-corrected chi connectivity index (χ4v) is 3.63. The summed E-state index contributed by atoms with van der Waals surface area (Å²) < 4.78 is 5.78. The lowest BCUT2D eigenvalue weighted by atomic mass is 10.0. The van der Waals surface area contributed by atoms with Crippen LogP contribution in [0.3, 0.4) is 0 Å². The Morgan fingerprint density at radius 1 is 1.25 bits per heavy atom. The molecule has 2 aliphatic rings. The smallest absolute Gasteiger partial charge is 0.289 e. The predicted octanol–water partition coefficient (Wildman–Crippen LogP) is 2.40. The minimum absolute atomic E-state index is 0.180. The van der Waals surface area contributed by atoms with E-state index in [0.717, 1.165) is 11.8 Å². The van der Waals surface area contributed by atoms with Gasteiger partial charge in [-0.3, -0.25) is 19.3 Å². The number of benzene rings is 1. The normalized spacial score (nSPS) is 18.8. The van der Waals surface area contributed by atoms with Crippen molar-refractivity contribution in [1.82, 2.24) is 9.80 Å². The monoisotopic (exact) mass is 368 g/mol. The van der Waals surface area contributed by atoms with Gasteiger partial charge in [0.1, 0.15) is 5.75 Å². The maximum atomic E-state index is 12.6. The Bertz CT molecular complexity index is 670. The van der Waals surface area contributed by atoms with Crippen LogP contribution in [-0.2, 0) is 9.59 Å². The first-order valence-corrected chi connectivity index (χ1v) is 8.87. The fourth-order valence-electron chi connectivity index (χ4n) is 2.72. The van der Waals surface area contributed by atoms with Gasteiger partial charge >= 0.3 is 0 Å². The first-order chi connectivity index (χ1) is 11.3. The van der Waals surface area contributed by atoms with Gasteiger partial charge in [0.15, 0.2) is 5.60 Å². The van der Waals surface area contributed by atoms with Crippen molar-refractivity contribution in [2.45, 2.75) is 25.5 Å². The van der Waals surface area contributed by atoms with Gasteiger partial charge in [0.25, 0.3) is 11.1 Å². The van der Waals surface area contributed by atoms with Crippen LogP contribution in [0.15, 0.2) is 24.3 Å². The molecule has 2 saturated heterocycles. The molecule has 1 aromatic carbocycles. The van der Waals surface area contributed by atoms with E-state index in [4.69, 9.17) is 16.3 Å². The number of likely N-dealkylation sites (tertiary alicyclic amines) is 1. The van der Waals surface area contributed by atoms with Crippen LogP contribution in [0.4, 0.5) is 4.79 Å². The van der Waals surface area contributed by atoms with Crippen molar-refractivity contribution >= 4 is 40.4 Å². The highest BCUT2D eigenvalue weighted by Crippen LogP contribution is 2.29. The molecular formula is C16H17ClN2O4S. The molecule has 0 radical (unpaired) electrons. The van der Waals surface area contributed by atoms with Crippen molar-refractivity contribution in [3.63, 3.8) is 0 Å². The van der Waals surface area contributed by atoms with Crippen LogP contribution in [0.2, 0.25) is 5.02 Å². The number of nitrogens with zero attached hydrogens (tertiary/aromatic N) is 2. The Hall–Kier alpha value is -1.73. The van der Waals surface area contributed by atoms with E-state index < -0.39 is 5.60 Å². The molecule has 0 aromatic heterocycles. The van der Waals surface area contributed by atoms with Crippen LogP contribution in [-0.4, -0.2) is 57.3 Å². The van der Waals surface area contributed by atoms with E-state index in [1.165, 1.54) is 4.90 Å². The zero-order chi connectivity index (χ0) is 17.5. The molecule has 3 rings (SSSR count). The Labute approximate surface area is 149 Å². The van der Waals surface area contributed by atoms with Gasteiger partial charge in [-0.25, -0.2) is 0 Å². The molecule has 8 heteroatoms. The maximum Gasteiger partial charge on any atom is 0.289 e. The Kier molecular flexibility index (Phi) is 4.48. The van der Waals surface area contributed by atoms with E-state index >= 15 is 0 Å². The van der Waals surface area contributed by atoms with Crippen LogP contribution in [0.5, 0.6) is 5.75 Å². The molecule has 2 fully saturated rings. The van der Waals surface area contributed by atoms with E-state index in [1.54, 1.807) is 43.0 Å². The molecule has 128 valence electrons. The quantitative estimate of drug-likeness (QED) is 0.816. The number of halogens is 1. The van der Waals surface area contributed by atoms with Crippen molar-refractivity contribution in [2.24, 2.45) is 0 Å². The van der Waals surface area contributed by atoms with Crippen LogP contribution >= 0.6 is 23.4 Å². The van der Waals surface area contributed by atoms with Crippen LogP contribution < -0.4 is 4.74 Å². The highest BCUT2D eigenvalue weighted by Gasteiger charge is 2.46. The van der Waals surface area contributed by atoms with Crippen LogP contribution in [0.1, 0.15) is 13.8 Å². The third kappa shape index (κ3) is 3.23. The first-order valence-electron chi connectivity index (χ1n) is 7.51. The molecule has 0 unspecified atom stereocenters. The molecule has 6 nitrogen and oxygen atoms in total. The highest BCUT2D eigenvalue weighted by atomic mass is 35.5. The summed E-state index contributed by atoms with van der Waals surface area (Å²) in [5.41, 5.74) is -1.05. The summed E-state index contributed by atoms with van der Waals surface area (Å²) >= 11 is 6.84. The predicted molar refractivity (Wildman–Crippen MR) is 91.2 cm³/mol. The number of hydrogen-bond acceptors (Lipinski definition) is 5. The van der Waals surface area contributed by atoms with Crippen molar-refractivity contribution < 1.29 is 19.1 Å². The van der Waals surface area contributed by atoms with E-state index in [2.05, 4.69) is 0 Å². The van der Waals surface area contributed by atoms with E-state index in [1.807, 2.05) is 0 Å². The number of carbonyl (C=O) groups is 3. The summed E-state index contributed by atoms with van der Waals surface area (Å²) in [7, 11) is 0. The third-order valence-corrected chi connectivity index (χ3v) is 5.09. The lowest BCUT2D eigenvalue weighted by Crippen LogP contribution is -2.65. The standard InChI is InChI=1S/C16H17ClN2O4S/c1-16(2,23-12-5-3-10(17)4-6-12)14(21)18-7-11(8-18)19-13(20)9-24-15(19)22/h3-6,11H,7-9H2,1-2H3. The van der Waals surface area contributed by atoms with Gasteiger partial charge in [0, 0.05) is 18.1 Å².